The molecule has 0 saturated carbocycles. The van der Waals surface area contributed by atoms with E-state index in [1.165, 1.54) is 10.5 Å². The Morgan fingerprint density at radius 2 is 1.89 bits per heavy atom. The summed E-state index contributed by atoms with van der Waals surface area (Å²) in [6, 6.07) is 8.67. The van der Waals surface area contributed by atoms with Gasteiger partial charge in [0.25, 0.3) is 0 Å². The van der Waals surface area contributed by atoms with Crippen molar-refractivity contribution in [3.63, 3.8) is 0 Å². The van der Waals surface area contributed by atoms with Gasteiger partial charge in [-0.1, -0.05) is 12.1 Å². The highest BCUT2D eigenvalue weighted by Gasteiger charge is 1.94. The smallest absolute Gasteiger partial charge is 0.0700 e. The summed E-state index contributed by atoms with van der Waals surface area (Å²) in [7, 11) is 1.69. The molecule has 0 radical (unpaired) electrons. The Morgan fingerprint density at radius 1 is 1.11 bits per heavy atom. The Kier molecular flexibility index (Phi) is 8.94. The number of ether oxygens (including phenoxy) is 2. The summed E-state index contributed by atoms with van der Waals surface area (Å²) in [6.07, 6.45) is 3.13. The van der Waals surface area contributed by atoms with Crippen LogP contribution in [0.15, 0.2) is 29.2 Å². The number of rotatable bonds is 10. The fourth-order valence-corrected chi connectivity index (χ4v) is 1.93. The van der Waals surface area contributed by atoms with Crippen molar-refractivity contribution in [3.05, 3.63) is 29.8 Å². The van der Waals surface area contributed by atoms with Crippen molar-refractivity contribution in [3.8, 4) is 0 Å². The van der Waals surface area contributed by atoms with Gasteiger partial charge in [-0.2, -0.15) is 0 Å². The minimum absolute atomic E-state index is 0.676. The molecule has 3 nitrogen and oxygen atoms in total. The summed E-state index contributed by atoms with van der Waals surface area (Å²) in [6.45, 7) is 4.06. The zero-order valence-electron chi connectivity index (χ0n) is 11.3. The van der Waals surface area contributed by atoms with E-state index in [0.29, 0.717) is 13.2 Å². The SMILES string of the molecule is COCCOCCCNCc1ccc(SC)cc1. The van der Waals surface area contributed by atoms with Crippen molar-refractivity contribution >= 4 is 11.8 Å². The van der Waals surface area contributed by atoms with Crippen LogP contribution in [0.4, 0.5) is 0 Å². The zero-order chi connectivity index (χ0) is 13.1. The van der Waals surface area contributed by atoms with E-state index in [1.807, 2.05) is 0 Å². The third-order valence-electron chi connectivity index (χ3n) is 2.56. The molecule has 0 bridgehead atoms. The summed E-state index contributed by atoms with van der Waals surface area (Å²) >= 11 is 1.77. The molecule has 0 atom stereocenters. The monoisotopic (exact) mass is 269 g/mol. The van der Waals surface area contributed by atoms with Crippen LogP contribution in [0, 0.1) is 0 Å². The maximum Gasteiger partial charge on any atom is 0.0700 e. The molecule has 1 rings (SSSR count). The van der Waals surface area contributed by atoms with Crippen molar-refractivity contribution in [2.75, 3.05) is 39.7 Å². The molecule has 0 saturated heterocycles. The van der Waals surface area contributed by atoms with Crippen molar-refractivity contribution in [1.82, 2.24) is 5.32 Å². The Morgan fingerprint density at radius 3 is 2.56 bits per heavy atom. The minimum atomic E-state index is 0.676. The minimum Gasteiger partial charge on any atom is -0.382 e. The molecule has 0 aliphatic heterocycles. The lowest BCUT2D eigenvalue weighted by Crippen LogP contribution is -2.16. The first-order valence-corrected chi connectivity index (χ1v) is 7.49. The van der Waals surface area contributed by atoms with Gasteiger partial charge < -0.3 is 14.8 Å². The molecule has 0 aliphatic rings. The van der Waals surface area contributed by atoms with Gasteiger partial charge in [-0.15, -0.1) is 11.8 Å². The second-order valence-electron chi connectivity index (χ2n) is 3.98. The standard InChI is InChI=1S/C14H23NO2S/c1-16-10-11-17-9-3-8-15-12-13-4-6-14(18-2)7-5-13/h4-7,15H,3,8-12H2,1-2H3. The first-order valence-electron chi connectivity index (χ1n) is 6.27. The van der Waals surface area contributed by atoms with Crippen LogP contribution in [0.2, 0.25) is 0 Å². The van der Waals surface area contributed by atoms with Crippen LogP contribution in [0.3, 0.4) is 0 Å². The van der Waals surface area contributed by atoms with Gasteiger partial charge in [0.2, 0.25) is 0 Å². The molecule has 1 aromatic rings. The molecule has 102 valence electrons. The largest absolute Gasteiger partial charge is 0.382 e. The number of methoxy groups -OCH3 is 1. The van der Waals surface area contributed by atoms with E-state index in [4.69, 9.17) is 9.47 Å². The van der Waals surface area contributed by atoms with Crippen LogP contribution in [-0.2, 0) is 16.0 Å². The van der Waals surface area contributed by atoms with Crippen LogP contribution in [-0.4, -0.2) is 39.7 Å². The molecular formula is C14H23NO2S. The van der Waals surface area contributed by atoms with Gasteiger partial charge in [0.15, 0.2) is 0 Å². The molecule has 18 heavy (non-hydrogen) atoms. The molecular weight excluding hydrogens is 246 g/mol. The molecule has 0 fully saturated rings. The molecule has 0 amide bonds. The maximum atomic E-state index is 5.39. The Hall–Kier alpha value is -0.550. The first kappa shape index (κ1) is 15.5. The van der Waals surface area contributed by atoms with Crippen LogP contribution in [0.25, 0.3) is 0 Å². The first-order chi connectivity index (χ1) is 8.86. The van der Waals surface area contributed by atoms with E-state index in [2.05, 4.69) is 35.8 Å². The van der Waals surface area contributed by atoms with Gasteiger partial charge in [0.1, 0.15) is 0 Å². The van der Waals surface area contributed by atoms with Gasteiger partial charge in [0, 0.05) is 25.2 Å². The zero-order valence-corrected chi connectivity index (χ0v) is 12.1. The van der Waals surface area contributed by atoms with Crippen molar-refractivity contribution in [2.45, 2.75) is 17.9 Å². The van der Waals surface area contributed by atoms with E-state index in [0.717, 1.165) is 26.1 Å². The molecule has 0 heterocycles. The predicted molar refractivity (Wildman–Crippen MR) is 77.2 cm³/mol. The Labute approximate surface area is 114 Å². The van der Waals surface area contributed by atoms with Crippen LogP contribution < -0.4 is 5.32 Å². The lowest BCUT2D eigenvalue weighted by atomic mass is 10.2. The van der Waals surface area contributed by atoms with Gasteiger partial charge in [0.05, 0.1) is 13.2 Å². The number of hydrogen-bond donors (Lipinski definition) is 1. The highest BCUT2D eigenvalue weighted by molar-refractivity contribution is 7.98. The van der Waals surface area contributed by atoms with Crippen molar-refractivity contribution in [2.24, 2.45) is 0 Å². The van der Waals surface area contributed by atoms with E-state index >= 15 is 0 Å². The molecule has 0 aromatic heterocycles. The number of thioether (sulfide) groups is 1. The summed E-state index contributed by atoms with van der Waals surface area (Å²) in [5, 5.41) is 3.41. The van der Waals surface area contributed by atoms with Gasteiger partial charge >= 0.3 is 0 Å². The second-order valence-corrected chi connectivity index (χ2v) is 4.86. The van der Waals surface area contributed by atoms with E-state index in [1.54, 1.807) is 18.9 Å². The number of hydrogen-bond acceptors (Lipinski definition) is 4. The second kappa shape index (κ2) is 10.4. The average Bonchev–Trinajstić information content (AvgIpc) is 2.42. The van der Waals surface area contributed by atoms with Gasteiger partial charge in [-0.3, -0.25) is 0 Å². The van der Waals surface area contributed by atoms with E-state index in [-0.39, 0.29) is 0 Å². The van der Waals surface area contributed by atoms with E-state index in [9.17, 15) is 0 Å². The van der Waals surface area contributed by atoms with E-state index < -0.39 is 0 Å². The summed E-state index contributed by atoms with van der Waals surface area (Å²) < 4.78 is 10.3. The quantitative estimate of drug-likeness (QED) is 0.522. The van der Waals surface area contributed by atoms with Crippen LogP contribution in [0.1, 0.15) is 12.0 Å². The lowest BCUT2D eigenvalue weighted by Gasteiger charge is -2.06. The normalized spacial score (nSPS) is 10.8. The number of benzene rings is 1. The van der Waals surface area contributed by atoms with Crippen molar-refractivity contribution in [1.29, 1.82) is 0 Å². The molecule has 1 N–H and O–H groups in total. The summed E-state index contributed by atoms with van der Waals surface area (Å²) in [5.74, 6) is 0. The summed E-state index contributed by atoms with van der Waals surface area (Å²) in [5.41, 5.74) is 1.33. The Balaban J connectivity index is 2.00. The highest BCUT2D eigenvalue weighted by Crippen LogP contribution is 2.14. The van der Waals surface area contributed by atoms with Crippen molar-refractivity contribution < 1.29 is 9.47 Å². The Bertz CT molecular complexity index is 303. The molecule has 0 unspecified atom stereocenters. The third kappa shape index (κ3) is 7.01. The molecule has 0 aliphatic carbocycles. The maximum absolute atomic E-state index is 5.39. The summed E-state index contributed by atoms with van der Waals surface area (Å²) in [4.78, 5) is 1.31. The fourth-order valence-electron chi connectivity index (χ4n) is 1.52. The highest BCUT2D eigenvalue weighted by atomic mass is 32.2. The topological polar surface area (TPSA) is 30.5 Å². The molecule has 4 heteroatoms. The van der Waals surface area contributed by atoms with Crippen LogP contribution >= 0.6 is 11.8 Å². The molecule has 1 aromatic carbocycles. The molecule has 0 spiro atoms. The fraction of sp³-hybridized carbons (Fsp3) is 0.571. The average molecular weight is 269 g/mol. The van der Waals surface area contributed by atoms with Gasteiger partial charge in [-0.05, 0) is 36.9 Å². The van der Waals surface area contributed by atoms with Gasteiger partial charge in [-0.25, -0.2) is 0 Å². The van der Waals surface area contributed by atoms with Crippen LogP contribution in [0.5, 0.6) is 0 Å². The number of nitrogens with one attached hydrogen (secondary N) is 1. The lowest BCUT2D eigenvalue weighted by molar-refractivity contribution is 0.0695. The third-order valence-corrected chi connectivity index (χ3v) is 3.31. The predicted octanol–water partition coefficient (Wildman–Crippen LogP) is 2.55.